The van der Waals surface area contributed by atoms with Crippen LogP contribution in [0.15, 0.2) is 70.9 Å². The third kappa shape index (κ3) is 2.27. The van der Waals surface area contributed by atoms with Crippen molar-refractivity contribution < 1.29 is 0 Å². The third-order valence-electron chi connectivity index (χ3n) is 5.41. The fourth-order valence-electron chi connectivity index (χ4n) is 4.52. The van der Waals surface area contributed by atoms with Gasteiger partial charge in [-0.05, 0) is 64.6 Å². The summed E-state index contributed by atoms with van der Waals surface area (Å²) in [5.74, 6) is 0. The van der Waals surface area contributed by atoms with Crippen LogP contribution in [0.3, 0.4) is 0 Å². The molecule has 1 aliphatic carbocycles. The first-order valence-corrected chi connectivity index (χ1v) is 11.8. The van der Waals surface area contributed by atoms with Crippen molar-refractivity contribution in [2.45, 2.75) is 33.4 Å². The van der Waals surface area contributed by atoms with Gasteiger partial charge in [-0.25, -0.2) is 0 Å². The molecule has 0 amide bonds. The van der Waals surface area contributed by atoms with E-state index in [1.807, 2.05) is 0 Å². The van der Waals surface area contributed by atoms with Crippen molar-refractivity contribution in [2.75, 3.05) is 0 Å². The predicted molar refractivity (Wildman–Crippen MR) is 110 cm³/mol. The second-order valence-electron chi connectivity index (χ2n) is 7.32. The highest BCUT2D eigenvalue weighted by Crippen LogP contribution is 2.44. The highest BCUT2D eigenvalue weighted by molar-refractivity contribution is 6.65. The van der Waals surface area contributed by atoms with E-state index >= 15 is 0 Å². The molecule has 3 aromatic rings. The summed E-state index contributed by atoms with van der Waals surface area (Å²) in [5.41, 5.74) is 6.17. The summed E-state index contributed by atoms with van der Waals surface area (Å²) in [4.78, 5) is 0. The predicted octanol–water partition coefficient (Wildman–Crippen LogP) is 6.51. The van der Waals surface area contributed by atoms with Gasteiger partial charge in [0.25, 0.3) is 0 Å². The van der Waals surface area contributed by atoms with E-state index in [9.17, 15) is 0 Å². The maximum atomic E-state index is 2.45. The molecule has 0 bridgehead atoms. The number of hydrogen-bond acceptors (Lipinski definition) is 0. The smallest absolute Gasteiger partial charge is 0.0650 e. The van der Waals surface area contributed by atoms with Crippen LogP contribution in [0, 0.1) is 0 Å². The zero-order valence-corrected chi connectivity index (χ0v) is 16.1. The lowest BCUT2D eigenvalue weighted by atomic mass is 9.90. The van der Waals surface area contributed by atoms with Crippen molar-refractivity contribution in [3.63, 3.8) is 0 Å². The highest BCUT2D eigenvalue weighted by Gasteiger charge is 2.24. The Morgan fingerprint density at radius 3 is 1.83 bits per heavy atom. The lowest BCUT2D eigenvalue weighted by Gasteiger charge is -2.15. The standard InChI is InChI=1S/C23H24Si/c1-15-13-21(16(2)23(15)24(3)4)22-19-11-7-5-9-17(19)14-18-10-6-8-12-20(18)22/h5-12,14,24H,13H2,1-4H3. The van der Waals surface area contributed by atoms with E-state index in [-0.39, 0.29) is 0 Å². The van der Waals surface area contributed by atoms with Crippen LogP contribution in [-0.2, 0) is 0 Å². The third-order valence-corrected chi connectivity index (χ3v) is 7.49. The van der Waals surface area contributed by atoms with Crippen molar-refractivity contribution >= 4 is 35.9 Å². The van der Waals surface area contributed by atoms with Gasteiger partial charge in [-0.3, -0.25) is 0 Å². The lowest BCUT2D eigenvalue weighted by Crippen LogP contribution is -2.06. The molecule has 0 atom stereocenters. The van der Waals surface area contributed by atoms with Gasteiger partial charge in [0.15, 0.2) is 0 Å². The average molecular weight is 329 g/mol. The summed E-state index contributed by atoms with van der Waals surface area (Å²) in [6.07, 6.45) is 1.12. The number of rotatable bonds is 2. The molecule has 0 aromatic heterocycles. The topological polar surface area (TPSA) is 0 Å². The van der Waals surface area contributed by atoms with Gasteiger partial charge in [0.2, 0.25) is 0 Å². The molecule has 120 valence electrons. The maximum Gasteiger partial charge on any atom is 0.0650 e. The second kappa shape index (κ2) is 5.75. The molecule has 0 N–H and O–H groups in total. The van der Waals surface area contributed by atoms with Crippen LogP contribution >= 0.6 is 0 Å². The van der Waals surface area contributed by atoms with Crippen LogP contribution in [0.1, 0.15) is 25.8 Å². The molecule has 0 spiro atoms. The Morgan fingerprint density at radius 2 is 1.33 bits per heavy atom. The Morgan fingerprint density at radius 1 is 0.792 bits per heavy atom. The molecule has 0 aliphatic heterocycles. The van der Waals surface area contributed by atoms with Crippen molar-refractivity contribution in [3.05, 3.63) is 76.5 Å². The first-order chi connectivity index (χ1) is 11.6. The molecule has 0 fully saturated rings. The Kier molecular flexibility index (Phi) is 3.69. The summed E-state index contributed by atoms with van der Waals surface area (Å²) >= 11 is 0. The van der Waals surface area contributed by atoms with E-state index in [2.05, 4.69) is 81.5 Å². The SMILES string of the molecule is CC1=C([SiH](C)C)C(C)=C(c2c3ccccc3cc3ccccc23)C1. The van der Waals surface area contributed by atoms with E-state index in [4.69, 9.17) is 0 Å². The Balaban J connectivity index is 2.09. The molecule has 3 aromatic carbocycles. The molecular formula is C23H24Si. The fraction of sp³-hybridized carbons (Fsp3) is 0.217. The van der Waals surface area contributed by atoms with Gasteiger partial charge in [0.1, 0.15) is 0 Å². The molecule has 24 heavy (non-hydrogen) atoms. The van der Waals surface area contributed by atoms with E-state index in [1.54, 1.807) is 21.9 Å². The number of allylic oxidation sites excluding steroid dienone is 4. The Labute approximate surface area is 146 Å². The monoisotopic (exact) mass is 328 g/mol. The van der Waals surface area contributed by atoms with Crippen LogP contribution in [0.25, 0.3) is 27.1 Å². The van der Waals surface area contributed by atoms with Crippen LogP contribution in [0.5, 0.6) is 0 Å². The summed E-state index contributed by atoms with van der Waals surface area (Å²) in [7, 11) is -0.803. The van der Waals surface area contributed by atoms with Gasteiger partial charge < -0.3 is 0 Å². The van der Waals surface area contributed by atoms with E-state index in [0.717, 1.165) is 6.42 Å². The minimum atomic E-state index is -0.803. The zero-order valence-electron chi connectivity index (χ0n) is 15.0. The first-order valence-electron chi connectivity index (χ1n) is 8.88. The summed E-state index contributed by atoms with van der Waals surface area (Å²) in [6.45, 7) is 9.59. The van der Waals surface area contributed by atoms with Crippen molar-refractivity contribution in [1.82, 2.24) is 0 Å². The molecule has 0 saturated carbocycles. The van der Waals surface area contributed by atoms with Gasteiger partial charge in [-0.2, -0.15) is 0 Å². The Bertz CT molecular complexity index is 965. The molecule has 0 saturated heterocycles. The lowest BCUT2D eigenvalue weighted by molar-refractivity contribution is 1.26. The summed E-state index contributed by atoms with van der Waals surface area (Å²) < 4.78 is 0. The zero-order chi connectivity index (χ0) is 16.8. The average Bonchev–Trinajstić information content (AvgIpc) is 2.86. The second-order valence-corrected chi connectivity index (χ2v) is 10.2. The molecule has 1 heteroatoms. The van der Waals surface area contributed by atoms with Crippen LogP contribution in [0.2, 0.25) is 13.1 Å². The van der Waals surface area contributed by atoms with E-state index in [0.29, 0.717) is 0 Å². The van der Waals surface area contributed by atoms with Gasteiger partial charge in [0, 0.05) is 0 Å². The maximum absolute atomic E-state index is 2.45. The summed E-state index contributed by atoms with van der Waals surface area (Å²) in [6, 6.07) is 20.0. The van der Waals surface area contributed by atoms with Gasteiger partial charge in [-0.15, -0.1) is 0 Å². The minimum absolute atomic E-state index is 0.803. The van der Waals surface area contributed by atoms with Gasteiger partial charge in [0.05, 0.1) is 8.80 Å². The largest absolute Gasteiger partial charge is 0.0697 e. The quantitative estimate of drug-likeness (QED) is 0.371. The molecule has 0 unspecified atom stereocenters. The van der Waals surface area contributed by atoms with Crippen molar-refractivity contribution in [3.8, 4) is 0 Å². The fourth-order valence-corrected chi connectivity index (χ4v) is 6.64. The van der Waals surface area contributed by atoms with E-state index < -0.39 is 8.80 Å². The van der Waals surface area contributed by atoms with Gasteiger partial charge in [-0.1, -0.05) is 72.4 Å². The molecule has 0 nitrogen and oxygen atoms in total. The van der Waals surface area contributed by atoms with Crippen molar-refractivity contribution in [2.24, 2.45) is 0 Å². The van der Waals surface area contributed by atoms with Crippen LogP contribution in [0.4, 0.5) is 0 Å². The molecule has 4 rings (SSSR count). The first kappa shape index (κ1) is 15.4. The molecular weight excluding hydrogens is 304 g/mol. The van der Waals surface area contributed by atoms with Gasteiger partial charge >= 0.3 is 0 Å². The minimum Gasteiger partial charge on any atom is -0.0697 e. The Hall–Kier alpha value is -2.12. The molecule has 1 aliphatic rings. The number of benzene rings is 3. The normalized spacial score (nSPS) is 15.4. The number of hydrogen-bond donors (Lipinski definition) is 0. The number of fused-ring (bicyclic) bond motifs is 2. The molecule has 0 heterocycles. The molecule has 0 radical (unpaired) electrons. The van der Waals surface area contributed by atoms with Crippen molar-refractivity contribution in [1.29, 1.82) is 0 Å². The van der Waals surface area contributed by atoms with Crippen LogP contribution in [-0.4, -0.2) is 8.80 Å². The van der Waals surface area contributed by atoms with Crippen LogP contribution < -0.4 is 0 Å². The van der Waals surface area contributed by atoms with E-state index in [1.165, 1.54) is 27.1 Å². The summed E-state index contributed by atoms with van der Waals surface area (Å²) in [5, 5.41) is 7.18. The highest BCUT2D eigenvalue weighted by atomic mass is 28.3.